The first kappa shape index (κ1) is 15.4. The zero-order valence-electron chi connectivity index (χ0n) is 12.9. The van der Waals surface area contributed by atoms with E-state index in [2.05, 4.69) is 30.4 Å². The van der Waals surface area contributed by atoms with Crippen LogP contribution in [0.5, 0.6) is 0 Å². The molecule has 1 aromatic carbocycles. The van der Waals surface area contributed by atoms with E-state index in [0.717, 1.165) is 23.4 Å². The van der Waals surface area contributed by atoms with Gasteiger partial charge in [-0.1, -0.05) is 12.1 Å². The highest BCUT2D eigenvalue weighted by molar-refractivity contribution is 5.74. The lowest BCUT2D eigenvalue weighted by atomic mass is 10.3. The number of anilines is 1. The summed E-state index contributed by atoms with van der Waals surface area (Å²) in [5, 5.41) is 6.90. The van der Waals surface area contributed by atoms with Gasteiger partial charge >= 0.3 is 6.18 Å². The smallest absolute Gasteiger partial charge is 0.360 e. The van der Waals surface area contributed by atoms with Crippen molar-refractivity contribution in [1.82, 2.24) is 29.5 Å². The molecule has 2 N–H and O–H groups in total. The van der Waals surface area contributed by atoms with Crippen molar-refractivity contribution in [1.29, 1.82) is 0 Å². The molecular weight excluding hydrogens is 335 g/mol. The van der Waals surface area contributed by atoms with Crippen LogP contribution in [0.3, 0.4) is 0 Å². The van der Waals surface area contributed by atoms with E-state index in [0.29, 0.717) is 5.82 Å². The average Bonchev–Trinajstić information content (AvgIpc) is 3.20. The summed E-state index contributed by atoms with van der Waals surface area (Å²) in [6.45, 7) is 1.79. The van der Waals surface area contributed by atoms with Crippen molar-refractivity contribution in [3.05, 3.63) is 48.2 Å². The number of nitrogens with zero attached hydrogens (tertiary/aromatic N) is 5. The fourth-order valence-electron chi connectivity index (χ4n) is 2.53. The summed E-state index contributed by atoms with van der Waals surface area (Å²) in [5.74, 6) is 0.594. The zero-order chi connectivity index (χ0) is 17.6. The van der Waals surface area contributed by atoms with Crippen molar-refractivity contribution in [2.24, 2.45) is 0 Å². The first-order chi connectivity index (χ1) is 11.9. The highest BCUT2D eigenvalue weighted by Crippen LogP contribution is 2.30. The van der Waals surface area contributed by atoms with Gasteiger partial charge in [0.25, 0.3) is 5.78 Å². The number of H-pyrrole nitrogens is 1. The van der Waals surface area contributed by atoms with E-state index in [4.69, 9.17) is 0 Å². The Morgan fingerprint density at radius 2 is 2.00 bits per heavy atom. The van der Waals surface area contributed by atoms with Gasteiger partial charge in [0.15, 0.2) is 5.69 Å². The number of aromatic amines is 1. The summed E-state index contributed by atoms with van der Waals surface area (Å²) < 4.78 is 40.3. The number of aromatic nitrogens is 6. The second-order valence-electron chi connectivity index (χ2n) is 5.50. The second-order valence-corrected chi connectivity index (χ2v) is 5.50. The topological polar surface area (TPSA) is 83.8 Å². The number of nitrogens with one attached hydrogen (secondary N) is 2. The Morgan fingerprint density at radius 3 is 2.76 bits per heavy atom. The van der Waals surface area contributed by atoms with Gasteiger partial charge in [-0.05, 0) is 19.1 Å². The van der Waals surface area contributed by atoms with E-state index in [-0.39, 0.29) is 17.6 Å². The minimum absolute atomic E-state index is 0.128. The predicted octanol–water partition coefficient (Wildman–Crippen LogP) is 3.19. The largest absolute Gasteiger partial charge is 0.433 e. The van der Waals surface area contributed by atoms with Crippen LogP contribution < -0.4 is 5.32 Å². The average molecular weight is 347 g/mol. The van der Waals surface area contributed by atoms with E-state index in [9.17, 15) is 13.2 Å². The molecule has 0 spiro atoms. The fourth-order valence-corrected chi connectivity index (χ4v) is 2.53. The third-order valence-electron chi connectivity index (χ3n) is 3.72. The molecule has 4 aromatic rings. The number of halogens is 3. The van der Waals surface area contributed by atoms with Crippen LogP contribution in [0.4, 0.5) is 19.0 Å². The molecule has 3 aromatic heterocycles. The van der Waals surface area contributed by atoms with Gasteiger partial charge < -0.3 is 10.3 Å². The van der Waals surface area contributed by atoms with Crippen LogP contribution in [0.1, 0.15) is 24.5 Å². The molecule has 0 fully saturated rings. The minimum Gasteiger partial charge on any atom is -0.360 e. The maximum absolute atomic E-state index is 13.0. The van der Waals surface area contributed by atoms with Crippen LogP contribution in [-0.4, -0.2) is 29.5 Å². The summed E-state index contributed by atoms with van der Waals surface area (Å²) in [4.78, 5) is 14.8. The van der Waals surface area contributed by atoms with Gasteiger partial charge in [0.05, 0.1) is 17.1 Å². The molecule has 1 atom stereocenters. The molecule has 0 amide bonds. The monoisotopic (exact) mass is 347 g/mol. The Morgan fingerprint density at radius 1 is 1.20 bits per heavy atom. The van der Waals surface area contributed by atoms with Crippen LogP contribution >= 0.6 is 0 Å². The lowest BCUT2D eigenvalue weighted by Gasteiger charge is -2.15. The first-order valence-electron chi connectivity index (χ1n) is 7.41. The summed E-state index contributed by atoms with van der Waals surface area (Å²) in [7, 11) is 0. The van der Waals surface area contributed by atoms with Crippen LogP contribution in [0.15, 0.2) is 36.7 Å². The third kappa shape index (κ3) is 2.75. The number of para-hydroxylation sites is 2. The van der Waals surface area contributed by atoms with E-state index in [1.165, 1.54) is 4.52 Å². The Bertz CT molecular complexity index is 1020. The summed E-state index contributed by atoms with van der Waals surface area (Å²) in [5.41, 5.74) is 0.595. The molecule has 128 valence electrons. The molecule has 0 bridgehead atoms. The molecule has 3 heterocycles. The quantitative estimate of drug-likeness (QED) is 0.595. The van der Waals surface area contributed by atoms with Crippen molar-refractivity contribution in [2.45, 2.75) is 19.1 Å². The summed E-state index contributed by atoms with van der Waals surface area (Å²) >= 11 is 0. The Labute approximate surface area is 138 Å². The van der Waals surface area contributed by atoms with Crippen LogP contribution in [0, 0.1) is 0 Å². The molecule has 0 aliphatic rings. The molecule has 10 heteroatoms. The van der Waals surface area contributed by atoms with Crippen molar-refractivity contribution < 1.29 is 13.2 Å². The van der Waals surface area contributed by atoms with Crippen LogP contribution in [0.2, 0.25) is 0 Å². The predicted molar refractivity (Wildman–Crippen MR) is 83.9 cm³/mol. The molecule has 4 rings (SSSR count). The van der Waals surface area contributed by atoms with Gasteiger partial charge in [-0.25, -0.2) is 9.97 Å². The van der Waals surface area contributed by atoms with E-state index in [1.54, 1.807) is 6.92 Å². The normalized spacial score (nSPS) is 13.4. The van der Waals surface area contributed by atoms with Gasteiger partial charge in [0.1, 0.15) is 18.0 Å². The van der Waals surface area contributed by atoms with Gasteiger partial charge in [-0.15, -0.1) is 0 Å². The van der Waals surface area contributed by atoms with Gasteiger partial charge in [0.2, 0.25) is 0 Å². The molecule has 25 heavy (non-hydrogen) atoms. The minimum atomic E-state index is -4.58. The van der Waals surface area contributed by atoms with E-state index >= 15 is 0 Å². The number of alkyl halides is 3. The number of rotatable bonds is 3. The van der Waals surface area contributed by atoms with E-state index in [1.807, 2.05) is 24.3 Å². The number of fused-ring (bicyclic) bond motifs is 2. The Hall–Kier alpha value is -3.17. The number of imidazole rings is 1. The molecule has 0 aliphatic heterocycles. The lowest BCUT2D eigenvalue weighted by molar-refractivity contribution is -0.141. The third-order valence-corrected chi connectivity index (χ3v) is 3.72. The first-order valence-corrected chi connectivity index (χ1v) is 7.41. The van der Waals surface area contributed by atoms with Crippen molar-refractivity contribution >= 4 is 22.6 Å². The van der Waals surface area contributed by atoms with Crippen molar-refractivity contribution in [3.63, 3.8) is 0 Å². The highest BCUT2D eigenvalue weighted by Gasteiger charge is 2.34. The molecule has 0 aliphatic carbocycles. The van der Waals surface area contributed by atoms with Gasteiger partial charge in [-0.2, -0.15) is 27.8 Å². The van der Waals surface area contributed by atoms with E-state index < -0.39 is 11.9 Å². The Kier molecular flexibility index (Phi) is 3.34. The summed E-state index contributed by atoms with van der Waals surface area (Å²) in [6.07, 6.45) is -3.42. The number of benzene rings is 1. The van der Waals surface area contributed by atoms with Crippen molar-refractivity contribution in [2.75, 3.05) is 5.32 Å². The maximum atomic E-state index is 13.0. The maximum Gasteiger partial charge on any atom is 0.433 e. The molecule has 0 unspecified atom stereocenters. The SMILES string of the molecule is C[C@@H](Nc1cc(C(F)(F)F)nc2ncnn12)c1nc2ccccc2[nH]1. The van der Waals surface area contributed by atoms with Crippen LogP contribution in [0.25, 0.3) is 16.8 Å². The summed E-state index contributed by atoms with van der Waals surface area (Å²) in [6, 6.07) is 7.99. The van der Waals surface area contributed by atoms with Gasteiger partial charge in [0, 0.05) is 6.07 Å². The van der Waals surface area contributed by atoms with Crippen LogP contribution in [-0.2, 0) is 6.18 Å². The highest BCUT2D eigenvalue weighted by atomic mass is 19.4. The number of hydrogen-bond donors (Lipinski definition) is 2. The second kappa shape index (κ2) is 5.43. The molecule has 0 saturated heterocycles. The fraction of sp³-hybridized carbons (Fsp3) is 0.200. The molecule has 0 radical (unpaired) electrons. The van der Waals surface area contributed by atoms with Gasteiger partial charge in [-0.3, -0.25) is 0 Å². The lowest BCUT2D eigenvalue weighted by Crippen LogP contribution is -2.16. The van der Waals surface area contributed by atoms with Crippen molar-refractivity contribution in [3.8, 4) is 0 Å². The molecular formula is C15H12F3N7. The Balaban J connectivity index is 1.72. The molecule has 7 nitrogen and oxygen atoms in total. The molecule has 0 saturated carbocycles. The zero-order valence-corrected chi connectivity index (χ0v) is 12.9. The number of hydrogen-bond acceptors (Lipinski definition) is 5. The standard InChI is InChI=1S/C15H12F3N7/c1-8(13-22-9-4-2-3-5-10(9)23-13)21-12-6-11(15(16,17)18)24-14-19-7-20-25(12)14/h2-8,21H,1H3,(H,22,23)/t8-/m1/s1.